The summed E-state index contributed by atoms with van der Waals surface area (Å²) in [6.07, 6.45) is 26.0. The van der Waals surface area contributed by atoms with Gasteiger partial charge in [-0.05, 0) is 283 Å². The second-order valence-corrected chi connectivity index (χ2v) is 37.9. The Hall–Kier alpha value is -7.24. The van der Waals surface area contributed by atoms with E-state index in [-0.39, 0.29) is 46.1 Å². The summed E-state index contributed by atoms with van der Waals surface area (Å²) in [6, 6.07) is 37.7. The lowest BCUT2D eigenvalue weighted by molar-refractivity contribution is -0.209. The number of benzene rings is 6. The SMILES string of the molecule is C=CCN1CC[C@]23c4c5ccc(O)c4O[C@H]2[C@@H](O)C=C[C@@]3(O)[C@H]1C5.CC[C@@H](c1cccc(O)c1)[C@@H](C)CN(C)C.CC[C@@]1(c2cccc(O)c2)CCCCN(C)C1.CC[C@]1(c2cccc(O)c2)CCCCN(C)C1.CN(C)CC1CCCCC1(O)c1cccc(O)c1.Oc1ccc2c3c1O[C@H]1[C@@H](O)CC[C@@]4(O)[C@@H](C2)N(CC2CCC2)CC[C@]314. The Morgan fingerprint density at radius 3 is 1.60 bits per heavy atom. The zero-order chi connectivity index (χ0) is 84.3. The van der Waals surface area contributed by atoms with Crippen LogP contribution in [-0.4, -0.2) is 241 Å². The highest BCUT2D eigenvalue weighted by atomic mass is 16.5. The largest absolute Gasteiger partial charge is 0.508 e. The van der Waals surface area contributed by atoms with Crippen LogP contribution in [0.4, 0.5) is 0 Å². The van der Waals surface area contributed by atoms with Gasteiger partial charge in [-0.1, -0.05) is 139 Å². The summed E-state index contributed by atoms with van der Waals surface area (Å²) in [7, 11) is 12.7. The molecular weight excluding hydrogens is 1480 g/mol. The maximum atomic E-state index is 12.1. The van der Waals surface area contributed by atoms with Crippen molar-refractivity contribution in [3.05, 3.63) is 191 Å². The maximum absolute atomic E-state index is 12.1. The van der Waals surface area contributed by atoms with E-state index in [4.69, 9.17) is 9.47 Å². The molecule has 18 rings (SSSR count). The molecule has 11 N–H and O–H groups in total. The summed E-state index contributed by atoms with van der Waals surface area (Å²) in [5.41, 5.74) is 5.24. The number of phenols is 6. The highest BCUT2D eigenvalue weighted by molar-refractivity contribution is 5.65. The summed E-state index contributed by atoms with van der Waals surface area (Å²) in [5.74, 6) is 4.68. The van der Waals surface area contributed by atoms with E-state index in [9.17, 15) is 56.2 Å². The van der Waals surface area contributed by atoms with Crippen molar-refractivity contribution in [3.63, 3.8) is 0 Å². The van der Waals surface area contributed by atoms with Crippen LogP contribution in [0.3, 0.4) is 0 Å². The van der Waals surface area contributed by atoms with Crippen molar-refractivity contribution in [2.75, 3.05) is 108 Å². The molecule has 6 aliphatic carbocycles. The first kappa shape index (κ1) is 88.5. The van der Waals surface area contributed by atoms with Crippen molar-refractivity contribution in [1.29, 1.82) is 0 Å². The molecule has 4 bridgehead atoms. The average Bonchev–Trinajstić information content (AvgIpc) is 1.43. The van der Waals surface area contributed by atoms with E-state index < -0.39 is 52.0 Å². The summed E-state index contributed by atoms with van der Waals surface area (Å²) in [6.45, 7) is 22.9. The summed E-state index contributed by atoms with van der Waals surface area (Å²) < 4.78 is 12.2. The van der Waals surface area contributed by atoms with Crippen LogP contribution in [0.25, 0.3) is 0 Å². The summed E-state index contributed by atoms with van der Waals surface area (Å²) in [4.78, 5) is 14.0. The summed E-state index contributed by atoms with van der Waals surface area (Å²) in [5, 5.41) is 115. The van der Waals surface area contributed by atoms with Gasteiger partial charge in [0.2, 0.25) is 0 Å². The molecule has 0 amide bonds. The second-order valence-electron chi connectivity index (χ2n) is 37.9. The topological polar surface area (TPSA) is 260 Å². The van der Waals surface area contributed by atoms with E-state index >= 15 is 0 Å². The molecule has 118 heavy (non-hydrogen) atoms. The minimum Gasteiger partial charge on any atom is -0.508 e. The Labute approximate surface area is 703 Å². The highest BCUT2D eigenvalue weighted by Crippen LogP contribution is 2.67. The van der Waals surface area contributed by atoms with E-state index in [0.717, 1.165) is 125 Å². The van der Waals surface area contributed by atoms with Crippen LogP contribution in [0.2, 0.25) is 0 Å². The third-order valence-corrected chi connectivity index (χ3v) is 30.1. The van der Waals surface area contributed by atoms with Gasteiger partial charge >= 0.3 is 0 Å². The lowest BCUT2D eigenvalue weighted by Crippen LogP contribution is -2.77. The zero-order valence-corrected chi connectivity index (χ0v) is 72.3. The van der Waals surface area contributed by atoms with E-state index in [1.807, 2.05) is 80.8 Å². The normalized spacial score (nSPS) is 32.2. The fourth-order valence-corrected chi connectivity index (χ4v) is 24.0. The Kier molecular flexibility index (Phi) is 27.6. The van der Waals surface area contributed by atoms with Crippen LogP contribution in [0.1, 0.15) is 207 Å². The molecule has 644 valence electrons. The number of ether oxygens (including phenoxy) is 2. The molecule has 6 heterocycles. The average molecular weight is 1620 g/mol. The number of nitrogens with zero attached hydrogens (tertiary/aromatic N) is 6. The lowest BCUT2D eigenvalue weighted by Gasteiger charge is -2.64. The third kappa shape index (κ3) is 17.1. The quantitative estimate of drug-likeness (QED) is 0.0403. The van der Waals surface area contributed by atoms with Gasteiger partial charge in [-0.15, -0.1) is 6.58 Å². The molecule has 4 saturated heterocycles. The van der Waals surface area contributed by atoms with Crippen LogP contribution >= 0.6 is 0 Å². The van der Waals surface area contributed by atoms with Crippen LogP contribution in [0.15, 0.2) is 146 Å². The van der Waals surface area contributed by atoms with E-state index in [0.29, 0.717) is 72.8 Å². The highest BCUT2D eigenvalue weighted by Gasteiger charge is 2.74. The van der Waals surface area contributed by atoms with Gasteiger partial charge in [-0.3, -0.25) is 9.80 Å². The molecule has 2 spiro atoms. The molecule has 0 aromatic heterocycles. The lowest BCUT2D eigenvalue weighted by atomic mass is 9.48. The van der Waals surface area contributed by atoms with Gasteiger partial charge in [-0.25, -0.2) is 0 Å². The maximum Gasteiger partial charge on any atom is 0.165 e. The number of phenolic OH excluding ortho intramolecular Hbond substituents is 6. The van der Waals surface area contributed by atoms with Gasteiger partial charge in [0.1, 0.15) is 46.9 Å². The number of rotatable bonds is 16. The number of likely N-dealkylation sites (tertiary alicyclic amines) is 4. The molecule has 6 aliphatic heterocycles. The van der Waals surface area contributed by atoms with Gasteiger partial charge in [-0.2, -0.15) is 0 Å². The van der Waals surface area contributed by atoms with Crippen molar-refractivity contribution in [2.45, 2.75) is 250 Å². The fourth-order valence-electron chi connectivity index (χ4n) is 24.0. The standard InChI is InChI=1S/C21H27NO4.C19H21NO4.C15H23NO2.2C15H23NO.C14H23NO/c23-14-5-4-13-10-16-21(25)7-6-15(24)19-20(21,17(13)18(14)26-19)8-9-22(16)11-12-2-1-3-12;1-2-8-20-9-7-18-15-11-3-4-12(21)16(15)24-17(18)13(22)5-6-19(18,23)14(20)10-11;1-16(2)11-13-6-3-4-9-15(13,18)12-7-5-8-14(17)10-12;2*1-3-15(9-4-5-10-16(2)12-15)13-7-6-8-14(17)11-13;1-5-14(11(2)10-15(3)4)12-7-6-8-13(16)9-12/h4-5,12,15-16,19,23-25H,1-3,6-11H2;2-6,13-14,17,21-23H,1,7-10H2;5,7-8,10,13,17-18H,3-4,6,9,11H2,1-2H3;2*6-8,11,17H,3-5,9-10,12H2,1-2H3;6-9,11,14,16H,5,10H2,1-4H3/t15-,16+,19-,20-,21+;13-,14+,17-,18-,19+;;2*15-;11-,14+/m00.100/s1. The number of aliphatic hydroxyl groups is 5. The van der Waals surface area contributed by atoms with Gasteiger partial charge in [0.15, 0.2) is 23.0 Å². The smallest absolute Gasteiger partial charge is 0.165 e. The molecule has 0 radical (unpaired) electrons. The van der Waals surface area contributed by atoms with Crippen molar-refractivity contribution in [2.24, 2.45) is 17.8 Å². The number of aromatic hydroxyl groups is 6. The van der Waals surface area contributed by atoms with Gasteiger partial charge < -0.3 is 85.2 Å². The molecule has 19 nitrogen and oxygen atoms in total. The predicted molar refractivity (Wildman–Crippen MR) is 468 cm³/mol. The Morgan fingerprint density at radius 1 is 0.542 bits per heavy atom. The monoisotopic (exact) mass is 1620 g/mol. The molecule has 3 saturated carbocycles. The fraction of sp³-hybridized carbons (Fsp3) is 0.596. The minimum absolute atomic E-state index is 0.0819. The first-order valence-electron chi connectivity index (χ1n) is 44.7. The molecule has 2 unspecified atom stereocenters. The van der Waals surface area contributed by atoms with Gasteiger partial charge in [0.25, 0.3) is 0 Å². The van der Waals surface area contributed by atoms with Crippen LogP contribution in [0.5, 0.6) is 46.0 Å². The molecule has 19 heteroatoms. The second kappa shape index (κ2) is 36.8. The predicted octanol–water partition coefficient (Wildman–Crippen LogP) is 14.3. The Morgan fingerprint density at radius 2 is 1.07 bits per heavy atom. The number of aliphatic hydroxyl groups excluding tert-OH is 2. The number of hydrogen-bond donors (Lipinski definition) is 11. The molecule has 7 fully saturated rings. The molecule has 16 atom stereocenters. The minimum atomic E-state index is -1.12. The third-order valence-electron chi connectivity index (χ3n) is 30.1. The van der Waals surface area contributed by atoms with Crippen molar-refractivity contribution < 1.29 is 65.6 Å². The van der Waals surface area contributed by atoms with Crippen molar-refractivity contribution in [3.8, 4) is 46.0 Å². The zero-order valence-electron chi connectivity index (χ0n) is 72.3. The number of hydrogen-bond acceptors (Lipinski definition) is 19. The van der Waals surface area contributed by atoms with E-state index in [2.05, 4.69) is 110 Å². The summed E-state index contributed by atoms with van der Waals surface area (Å²) >= 11 is 0. The molecular formula is C99H140N6O13. The van der Waals surface area contributed by atoms with E-state index in [1.54, 1.807) is 54.6 Å². The number of piperidine rings is 2. The van der Waals surface area contributed by atoms with Crippen molar-refractivity contribution in [1.82, 2.24) is 29.4 Å². The van der Waals surface area contributed by atoms with Gasteiger partial charge in [0, 0.05) is 85.8 Å². The molecule has 6 aromatic rings. The van der Waals surface area contributed by atoms with E-state index in [1.165, 1.54) is 99.6 Å². The Bertz CT molecular complexity index is 4350. The van der Waals surface area contributed by atoms with Crippen molar-refractivity contribution >= 4 is 0 Å². The van der Waals surface area contributed by atoms with Gasteiger partial charge in [0.05, 0.1) is 28.1 Å². The molecule has 6 aromatic carbocycles. The van der Waals surface area contributed by atoms with Crippen LogP contribution in [-0.2, 0) is 40.1 Å². The first-order chi connectivity index (χ1) is 56.5. The van der Waals surface area contributed by atoms with Crippen LogP contribution < -0.4 is 9.47 Å². The Balaban J connectivity index is 0.000000124. The van der Waals surface area contributed by atoms with Crippen LogP contribution in [0, 0.1) is 17.8 Å². The first-order valence-corrected chi connectivity index (χ1v) is 44.7. The number of likely N-dealkylation sites (N-methyl/N-ethyl adjacent to an activating group) is 2. The molecule has 12 aliphatic rings.